The normalized spacial score (nSPS) is 11.6. The number of aromatic nitrogens is 1. The van der Waals surface area contributed by atoms with E-state index in [-0.39, 0.29) is 16.7 Å². The molecule has 0 saturated heterocycles. The number of nitrogens with one attached hydrogen (secondary N) is 1. The van der Waals surface area contributed by atoms with Gasteiger partial charge in [0.15, 0.2) is 0 Å². The number of nitrogens with two attached hydrogens (primary N) is 1. The molecular formula is C19H21N3O3S2. The number of rotatable bonds is 5. The van der Waals surface area contributed by atoms with E-state index < -0.39 is 10.0 Å². The smallest absolute Gasteiger partial charge is 0.253 e. The molecule has 8 heteroatoms. The SMILES string of the molecule is Cc1ccc(-n2c(C)ccc2C)c(C(=O)NCc2ccc(S(N)(=O)=O)s2)c1. The predicted molar refractivity (Wildman–Crippen MR) is 107 cm³/mol. The highest BCUT2D eigenvalue weighted by atomic mass is 32.2. The third-order valence-electron chi connectivity index (χ3n) is 4.25. The number of hydrogen-bond donors (Lipinski definition) is 2. The van der Waals surface area contributed by atoms with Crippen LogP contribution in [0, 0.1) is 20.8 Å². The van der Waals surface area contributed by atoms with Crippen LogP contribution in [0.3, 0.4) is 0 Å². The zero-order valence-electron chi connectivity index (χ0n) is 15.3. The van der Waals surface area contributed by atoms with E-state index in [0.717, 1.165) is 38.9 Å². The largest absolute Gasteiger partial charge is 0.347 e. The fourth-order valence-corrected chi connectivity index (χ4v) is 4.66. The summed E-state index contributed by atoms with van der Waals surface area (Å²) in [5, 5.41) is 8.00. The summed E-state index contributed by atoms with van der Waals surface area (Å²) < 4.78 is 24.9. The van der Waals surface area contributed by atoms with Gasteiger partial charge >= 0.3 is 0 Å². The molecule has 27 heavy (non-hydrogen) atoms. The molecule has 1 amide bonds. The molecule has 6 nitrogen and oxygen atoms in total. The van der Waals surface area contributed by atoms with Crippen LogP contribution in [0.15, 0.2) is 46.7 Å². The maximum atomic E-state index is 12.8. The molecular weight excluding hydrogens is 382 g/mol. The minimum Gasteiger partial charge on any atom is -0.347 e. The van der Waals surface area contributed by atoms with Crippen molar-refractivity contribution < 1.29 is 13.2 Å². The Kier molecular flexibility index (Phi) is 5.23. The Labute approximate surface area is 162 Å². The van der Waals surface area contributed by atoms with E-state index in [1.54, 1.807) is 6.07 Å². The van der Waals surface area contributed by atoms with Gasteiger partial charge in [-0.2, -0.15) is 0 Å². The molecule has 0 bridgehead atoms. The molecule has 0 atom stereocenters. The highest BCUT2D eigenvalue weighted by Gasteiger charge is 2.16. The average Bonchev–Trinajstić information content (AvgIpc) is 3.20. The van der Waals surface area contributed by atoms with Gasteiger partial charge in [-0.15, -0.1) is 11.3 Å². The molecule has 0 unspecified atom stereocenters. The number of amides is 1. The lowest BCUT2D eigenvalue weighted by atomic mass is 10.1. The summed E-state index contributed by atoms with van der Waals surface area (Å²) in [5.74, 6) is -0.216. The Balaban J connectivity index is 1.87. The van der Waals surface area contributed by atoms with Gasteiger partial charge in [0, 0.05) is 16.3 Å². The van der Waals surface area contributed by atoms with Crippen LogP contribution in [-0.4, -0.2) is 18.9 Å². The first kappa shape index (κ1) is 19.3. The van der Waals surface area contributed by atoms with Gasteiger partial charge < -0.3 is 9.88 Å². The quantitative estimate of drug-likeness (QED) is 0.685. The second kappa shape index (κ2) is 7.30. The van der Waals surface area contributed by atoms with E-state index >= 15 is 0 Å². The third kappa shape index (κ3) is 4.13. The summed E-state index contributed by atoms with van der Waals surface area (Å²) in [6.45, 7) is 6.16. The second-order valence-corrected chi connectivity index (χ2v) is 9.38. The minimum atomic E-state index is -3.72. The van der Waals surface area contributed by atoms with Gasteiger partial charge in [0.05, 0.1) is 17.8 Å². The zero-order chi connectivity index (χ0) is 19.8. The van der Waals surface area contributed by atoms with Crippen LogP contribution >= 0.6 is 11.3 Å². The highest BCUT2D eigenvalue weighted by molar-refractivity contribution is 7.91. The van der Waals surface area contributed by atoms with Gasteiger partial charge in [0.2, 0.25) is 10.0 Å². The Bertz CT molecular complexity index is 1090. The first-order valence-corrected chi connectivity index (χ1v) is 10.7. The number of carbonyl (C=O) groups is 1. The van der Waals surface area contributed by atoms with Crippen molar-refractivity contribution in [2.75, 3.05) is 0 Å². The van der Waals surface area contributed by atoms with Crippen LogP contribution in [0.1, 0.15) is 32.2 Å². The molecule has 0 aliphatic rings. The lowest BCUT2D eigenvalue weighted by Gasteiger charge is -2.15. The summed E-state index contributed by atoms with van der Waals surface area (Å²) in [6, 6.07) is 12.9. The van der Waals surface area contributed by atoms with E-state index in [9.17, 15) is 13.2 Å². The van der Waals surface area contributed by atoms with Crippen LogP contribution in [-0.2, 0) is 16.6 Å². The highest BCUT2D eigenvalue weighted by Crippen LogP contribution is 2.23. The number of sulfonamides is 1. The molecule has 0 aliphatic heterocycles. The number of nitrogens with zero attached hydrogens (tertiary/aromatic N) is 1. The van der Waals surface area contributed by atoms with Crippen LogP contribution < -0.4 is 10.5 Å². The maximum absolute atomic E-state index is 12.8. The summed E-state index contributed by atoms with van der Waals surface area (Å²) in [7, 11) is -3.72. The fourth-order valence-electron chi connectivity index (χ4n) is 2.94. The van der Waals surface area contributed by atoms with Crippen molar-refractivity contribution in [3.63, 3.8) is 0 Å². The molecule has 142 valence electrons. The molecule has 0 radical (unpaired) electrons. The summed E-state index contributed by atoms with van der Waals surface area (Å²) >= 11 is 1.05. The number of benzene rings is 1. The predicted octanol–water partition coefficient (Wildman–Crippen LogP) is 3.04. The van der Waals surface area contributed by atoms with Gasteiger partial charge in [0.25, 0.3) is 5.91 Å². The standard InChI is InChI=1S/C19H21N3O3S2/c1-12-4-8-17(22-13(2)5-6-14(22)3)16(10-12)19(23)21-11-15-7-9-18(26-15)27(20,24)25/h4-10H,11H2,1-3H3,(H,21,23)(H2,20,24,25). The van der Waals surface area contributed by atoms with E-state index in [1.165, 1.54) is 6.07 Å². The van der Waals surface area contributed by atoms with Crippen LogP contribution in [0.2, 0.25) is 0 Å². The number of primary sulfonamides is 1. The van der Waals surface area contributed by atoms with Gasteiger partial charge in [-0.05, 0) is 57.2 Å². The molecule has 0 fully saturated rings. The van der Waals surface area contributed by atoms with Crippen molar-refractivity contribution in [2.45, 2.75) is 31.5 Å². The second-order valence-electron chi connectivity index (χ2n) is 6.42. The number of thiophene rings is 1. The van der Waals surface area contributed by atoms with Crippen molar-refractivity contribution in [1.82, 2.24) is 9.88 Å². The first-order valence-electron chi connectivity index (χ1n) is 8.32. The van der Waals surface area contributed by atoms with Crippen molar-refractivity contribution in [2.24, 2.45) is 5.14 Å². The van der Waals surface area contributed by atoms with E-state index in [2.05, 4.69) is 5.32 Å². The Hall–Kier alpha value is -2.42. The van der Waals surface area contributed by atoms with E-state index in [0.29, 0.717) is 5.56 Å². The summed E-state index contributed by atoms with van der Waals surface area (Å²) in [5.41, 5.74) is 4.46. The van der Waals surface area contributed by atoms with Crippen LogP contribution in [0.5, 0.6) is 0 Å². The molecule has 2 aromatic heterocycles. The summed E-state index contributed by atoms with van der Waals surface area (Å²) in [6.07, 6.45) is 0. The van der Waals surface area contributed by atoms with Gasteiger partial charge in [-0.25, -0.2) is 13.6 Å². The number of hydrogen-bond acceptors (Lipinski definition) is 4. The first-order chi connectivity index (χ1) is 12.7. The molecule has 0 saturated carbocycles. The van der Waals surface area contributed by atoms with Crippen LogP contribution in [0.25, 0.3) is 5.69 Å². The number of carbonyl (C=O) groups excluding carboxylic acids is 1. The Morgan fingerprint density at radius 2 is 1.74 bits per heavy atom. The molecule has 3 N–H and O–H groups in total. The maximum Gasteiger partial charge on any atom is 0.253 e. The Morgan fingerprint density at radius 3 is 2.33 bits per heavy atom. The monoisotopic (exact) mass is 403 g/mol. The van der Waals surface area contributed by atoms with Crippen molar-refractivity contribution in [3.8, 4) is 5.69 Å². The van der Waals surface area contributed by atoms with Crippen LogP contribution in [0.4, 0.5) is 0 Å². The van der Waals surface area contributed by atoms with Crippen molar-refractivity contribution >= 4 is 27.3 Å². The molecule has 2 heterocycles. The van der Waals surface area contributed by atoms with Gasteiger partial charge in [0.1, 0.15) is 4.21 Å². The average molecular weight is 404 g/mol. The minimum absolute atomic E-state index is 0.0848. The zero-order valence-corrected chi connectivity index (χ0v) is 16.9. The molecule has 3 rings (SSSR count). The van der Waals surface area contributed by atoms with Crippen molar-refractivity contribution in [1.29, 1.82) is 0 Å². The third-order valence-corrected chi connectivity index (χ3v) is 6.77. The summed E-state index contributed by atoms with van der Waals surface area (Å²) in [4.78, 5) is 13.6. The van der Waals surface area contributed by atoms with E-state index in [1.807, 2.05) is 55.7 Å². The van der Waals surface area contributed by atoms with Gasteiger partial charge in [-0.3, -0.25) is 4.79 Å². The fraction of sp³-hybridized carbons (Fsp3) is 0.211. The molecule has 3 aromatic rings. The molecule has 0 aliphatic carbocycles. The van der Waals surface area contributed by atoms with E-state index in [4.69, 9.17) is 5.14 Å². The van der Waals surface area contributed by atoms with Gasteiger partial charge in [-0.1, -0.05) is 11.6 Å². The Morgan fingerprint density at radius 1 is 1.07 bits per heavy atom. The topological polar surface area (TPSA) is 94.2 Å². The molecule has 0 spiro atoms. The number of aryl methyl sites for hydroxylation is 3. The molecule has 1 aromatic carbocycles. The lowest BCUT2D eigenvalue weighted by molar-refractivity contribution is 0.0951. The van der Waals surface area contributed by atoms with Crippen molar-refractivity contribution in [3.05, 3.63) is 69.9 Å². The lowest BCUT2D eigenvalue weighted by Crippen LogP contribution is -2.24.